The second-order valence-electron chi connectivity index (χ2n) is 4.46. The summed E-state index contributed by atoms with van der Waals surface area (Å²) in [6.07, 6.45) is 2.98. The molecule has 0 atom stereocenters. The molecule has 2 N–H and O–H groups in total. The van der Waals surface area contributed by atoms with Crippen LogP contribution in [0.3, 0.4) is 0 Å². The van der Waals surface area contributed by atoms with Gasteiger partial charge in [0.2, 0.25) is 0 Å². The first kappa shape index (κ1) is 11.7. The van der Waals surface area contributed by atoms with Crippen LogP contribution in [0.5, 0.6) is 5.75 Å². The Labute approximate surface area is 111 Å². The van der Waals surface area contributed by atoms with Gasteiger partial charge in [0, 0.05) is 17.4 Å². The molecule has 3 rings (SSSR count). The number of fused-ring (bicyclic) bond motifs is 1. The molecule has 0 aliphatic carbocycles. The molecule has 0 amide bonds. The van der Waals surface area contributed by atoms with Crippen molar-refractivity contribution in [2.24, 2.45) is 5.73 Å². The molecular formula is C14H16N2OS. The lowest BCUT2D eigenvalue weighted by Gasteiger charge is -2.01. The van der Waals surface area contributed by atoms with Crippen LogP contribution in [-0.4, -0.2) is 18.1 Å². The van der Waals surface area contributed by atoms with E-state index in [1.165, 1.54) is 11.1 Å². The SMILES string of the molecule is NCCCc1csc(-c2ccc3c(c2)CCO3)n1. The normalized spacial score (nSPS) is 13.4. The summed E-state index contributed by atoms with van der Waals surface area (Å²) in [6, 6.07) is 6.35. The molecular weight excluding hydrogens is 244 g/mol. The Bertz CT molecular complexity index is 550. The van der Waals surface area contributed by atoms with Crippen LogP contribution in [0, 0.1) is 0 Å². The minimum Gasteiger partial charge on any atom is -0.493 e. The minimum absolute atomic E-state index is 0.725. The van der Waals surface area contributed by atoms with Crippen molar-refractivity contribution >= 4 is 11.3 Å². The van der Waals surface area contributed by atoms with Crippen molar-refractivity contribution in [3.8, 4) is 16.3 Å². The van der Waals surface area contributed by atoms with E-state index < -0.39 is 0 Å². The van der Waals surface area contributed by atoms with Gasteiger partial charge in [-0.1, -0.05) is 0 Å². The molecule has 0 fully saturated rings. The summed E-state index contributed by atoms with van der Waals surface area (Å²) in [5.41, 5.74) is 9.16. The third-order valence-corrected chi connectivity index (χ3v) is 4.07. The maximum absolute atomic E-state index is 5.52. The van der Waals surface area contributed by atoms with Gasteiger partial charge in [0.05, 0.1) is 12.3 Å². The summed E-state index contributed by atoms with van der Waals surface area (Å²) < 4.78 is 5.52. The van der Waals surface area contributed by atoms with Crippen LogP contribution in [0.2, 0.25) is 0 Å². The summed E-state index contributed by atoms with van der Waals surface area (Å²) in [4.78, 5) is 4.67. The second-order valence-corrected chi connectivity index (χ2v) is 5.32. The molecule has 1 aliphatic rings. The number of nitrogens with two attached hydrogens (primary N) is 1. The molecule has 4 heteroatoms. The second kappa shape index (κ2) is 5.08. The van der Waals surface area contributed by atoms with E-state index in [4.69, 9.17) is 10.5 Å². The minimum atomic E-state index is 0.725. The van der Waals surface area contributed by atoms with Gasteiger partial charge in [0.15, 0.2) is 0 Å². The Morgan fingerprint density at radius 3 is 3.22 bits per heavy atom. The summed E-state index contributed by atoms with van der Waals surface area (Å²) in [5, 5.41) is 3.23. The van der Waals surface area contributed by atoms with Crippen LogP contribution in [0.1, 0.15) is 17.7 Å². The van der Waals surface area contributed by atoms with Crippen molar-refractivity contribution in [3.63, 3.8) is 0 Å². The largest absolute Gasteiger partial charge is 0.493 e. The molecule has 0 bridgehead atoms. The Morgan fingerprint density at radius 2 is 2.33 bits per heavy atom. The number of hydrogen-bond donors (Lipinski definition) is 1. The number of ether oxygens (including phenoxy) is 1. The first-order chi connectivity index (χ1) is 8.86. The third-order valence-electron chi connectivity index (χ3n) is 3.13. The van der Waals surface area contributed by atoms with Gasteiger partial charge in [0.25, 0.3) is 0 Å². The molecule has 0 radical (unpaired) electrons. The zero-order chi connectivity index (χ0) is 12.4. The molecule has 18 heavy (non-hydrogen) atoms. The fraction of sp³-hybridized carbons (Fsp3) is 0.357. The Balaban J connectivity index is 1.83. The molecule has 0 saturated heterocycles. The van der Waals surface area contributed by atoms with E-state index in [-0.39, 0.29) is 0 Å². The van der Waals surface area contributed by atoms with Crippen LogP contribution in [0.25, 0.3) is 10.6 Å². The van der Waals surface area contributed by atoms with E-state index in [9.17, 15) is 0 Å². The Kier molecular flexibility index (Phi) is 3.30. The molecule has 1 aromatic carbocycles. The monoisotopic (exact) mass is 260 g/mol. The smallest absolute Gasteiger partial charge is 0.123 e. The number of aryl methyl sites for hydroxylation is 1. The van der Waals surface area contributed by atoms with Crippen molar-refractivity contribution in [1.82, 2.24) is 4.98 Å². The summed E-state index contributed by atoms with van der Waals surface area (Å²) in [6.45, 7) is 1.53. The molecule has 0 saturated carbocycles. The zero-order valence-electron chi connectivity index (χ0n) is 10.2. The van der Waals surface area contributed by atoms with Crippen molar-refractivity contribution < 1.29 is 4.74 Å². The first-order valence-electron chi connectivity index (χ1n) is 6.27. The van der Waals surface area contributed by atoms with E-state index in [0.29, 0.717) is 0 Å². The number of hydrogen-bond acceptors (Lipinski definition) is 4. The molecule has 1 aliphatic heterocycles. The van der Waals surface area contributed by atoms with E-state index in [0.717, 1.165) is 48.9 Å². The average molecular weight is 260 g/mol. The lowest BCUT2D eigenvalue weighted by Crippen LogP contribution is -2.00. The summed E-state index contributed by atoms with van der Waals surface area (Å²) in [7, 11) is 0. The Hall–Kier alpha value is -1.39. The molecule has 2 heterocycles. The highest BCUT2D eigenvalue weighted by molar-refractivity contribution is 7.13. The predicted octanol–water partition coefficient (Wildman–Crippen LogP) is 2.64. The van der Waals surface area contributed by atoms with Crippen LogP contribution in [-0.2, 0) is 12.8 Å². The van der Waals surface area contributed by atoms with Gasteiger partial charge < -0.3 is 10.5 Å². The van der Waals surface area contributed by atoms with Gasteiger partial charge in [-0.15, -0.1) is 11.3 Å². The van der Waals surface area contributed by atoms with E-state index in [2.05, 4.69) is 28.6 Å². The number of aromatic nitrogens is 1. The van der Waals surface area contributed by atoms with Crippen LogP contribution < -0.4 is 10.5 Å². The lowest BCUT2D eigenvalue weighted by molar-refractivity contribution is 0.357. The van der Waals surface area contributed by atoms with Gasteiger partial charge in [0.1, 0.15) is 10.8 Å². The van der Waals surface area contributed by atoms with E-state index in [1.807, 2.05) is 0 Å². The number of rotatable bonds is 4. The Morgan fingerprint density at radius 1 is 1.39 bits per heavy atom. The van der Waals surface area contributed by atoms with E-state index in [1.54, 1.807) is 11.3 Å². The van der Waals surface area contributed by atoms with Crippen molar-refractivity contribution in [1.29, 1.82) is 0 Å². The standard InChI is InChI=1S/C14H16N2OS/c15-6-1-2-12-9-18-14(16-12)11-3-4-13-10(8-11)5-7-17-13/h3-4,8-9H,1-2,5-7,15H2. The number of nitrogens with zero attached hydrogens (tertiary/aromatic N) is 1. The topological polar surface area (TPSA) is 48.1 Å². The van der Waals surface area contributed by atoms with Crippen LogP contribution in [0.15, 0.2) is 23.6 Å². The number of thiazole rings is 1. The fourth-order valence-electron chi connectivity index (χ4n) is 2.16. The zero-order valence-corrected chi connectivity index (χ0v) is 11.0. The predicted molar refractivity (Wildman–Crippen MR) is 74.1 cm³/mol. The van der Waals surface area contributed by atoms with Gasteiger partial charge in [-0.25, -0.2) is 4.98 Å². The van der Waals surface area contributed by atoms with E-state index >= 15 is 0 Å². The van der Waals surface area contributed by atoms with Gasteiger partial charge >= 0.3 is 0 Å². The van der Waals surface area contributed by atoms with Gasteiger partial charge in [-0.2, -0.15) is 0 Å². The summed E-state index contributed by atoms with van der Waals surface area (Å²) in [5.74, 6) is 1.03. The fourth-order valence-corrected chi connectivity index (χ4v) is 3.01. The average Bonchev–Trinajstić information content (AvgIpc) is 3.04. The maximum atomic E-state index is 5.52. The highest BCUT2D eigenvalue weighted by atomic mass is 32.1. The maximum Gasteiger partial charge on any atom is 0.123 e. The number of benzene rings is 1. The highest BCUT2D eigenvalue weighted by Crippen LogP contribution is 2.31. The summed E-state index contributed by atoms with van der Waals surface area (Å²) >= 11 is 1.71. The molecule has 0 unspecified atom stereocenters. The van der Waals surface area contributed by atoms with Crippen LogP contribution >= 0.6 is 11.3 Å². The van der Waals surface area contributed by atoms with Crippen LogP contribution in [0.4, 0.5) is 0 Å². The molecule has 1 aromatic heterocycles. The molecule has 0 spiro atoms. The molecule has 3 nitrogen and oxygen atoms in total. The van der Waals surface area contributed by atoms with Crippen molar-refractivity contribution in [2.45, 2.75) is 19.3 Å². The van der Waals surface area contributed by atoms with Gasteiger partial charge in [-0.3, -0.25) is 0 Å². The lowest BCUT2D eigenvalue weighted by atomic mass is 10.1. The van der Waals surface area contributed by atoms with Crippen molar-refractivity contribution in [3.05, 3.63) is 34.8 Å². The third kappa shape index (κ3) is 2.26. The van der Waals surface area contributed by atoms with Gasteiger partial charge in [-0.05, 0) is 43.1 Å². The molecule has 2 aromatic rings. The van der Waals surface area contributed by atoms with Crippen molar-refractivity contribution in [2.75, 3.05) is 13.2 Å². The molecule has 94 valence electrons. The quantitative estimate of drug-likeness (QED) is 0.919. The first-order valence-corrected chi connectivity index (χ1v) is 7.15. The highest BCUT2D eigenvalue weighted by Gasteiger charge is 2.13.